The van der Waals surface area contributed by atoms with E-state index in [0.29, 0.717) is 11.3 Å². The number of aromatic nitrogens is 1. The van der Waals surface area contributed by atoms with Gasteiger partial charge in [0.2, 0.25) is 0 Å². The van der Waals surface area contributed by atoms with Gasteiger partial charge in [0, 0.05) is 11.9 Å². The monoisotopic (exact) mass is 287 g/mol. The minimum atomic E-state index is -0.551. The van der Waals surface area contributed by atoms with Crippen LogP contribution in [-0.2, 0) is 11.3 Å². The molecule has 0 aliphatic carbocycles. The van der Waals surface area contributed by atoms with Crippen LogP contribution in [0.25, 0.3) is 0 Å². The number of hydrogen-bond donors (Lipinski definition) is 1. The van der Waals surface area contributed by atoms with Crippen molar-refractivity contribution in [2.24, 2.45) is 0 Å². The van der Waals surface area contributed by atoms with E-state index in [4.69, 9.17) is 27.3 Å². The Morgan fingerprint density at radius 1 is 1.40 bits per heavy atom. The summed E-state index contributed by atoms with van der Waals surface area (Å²) in [7, 11) is 0. The van der Waals surface area contributed by atoms with E-state index in [-0.39, 0.29) is 22.9 Å². The third-order valence-corrected chi connectivity index (χ3v) is 2.83. The lowest BCUT2D eigenvalue weighted by atomic mass is 10.2. The number of benzene rings is 1. The number of carbonyl (C=O) groups excluding carboxylic acids is 1. The molecule has 2 N–H and O–H groups in total. The molecular formula is C14H10ClN3O2. The fourth-order valence-electron chi connectivity index (χ4n) is 1.55. The number of nitrogens with zero attached hydrogens (tertiary/aromatic N) is 2. The summed E-state index contributed by atoms with van der Waals surface area (Å²) in [4.78, 5) is 15.7. The van der Waals surface area contributed by atoms with Gasteiger partial charge in [-0.1, -0.05) is 11.6 Å². The number of pyridine rings is 1. The molecule has 6 heteroatoms. The fraction of sp³-hybridized carbons (Fsp3) is 0.0714. The van der Waals surface area contributed by atoms with E-state index in [9.17, 15) is 4.79 Å². The maximum atomic E-state index is 11.9. The highest BCUT2D eigenvalue weighted by Crippen LogP contribution is 2.20. The van der Waals surface area contributed by atoms with E-state index in [1.165, 1.54) is 18.3 Å². The first kappa shape index (κ1) is 13.8. The number of esters is 1. The molecule has 0 saturated carbocycles. The van der Waals surface area contributed by atoms with Crippen molar-refractivity contribution >= 4 is 23.3 Å². The van der Waals surface area contributed by atoms with Crippen LogP contribution in [-0.4, -0.2) is 11.0 Å². The minimum Gasteiger partial charge on any atom is -0.457 e. The van der Waals surface area contributed by atoms with Crippen LogP contribution < -0.4 is 5.73 Å². The molecule has 0 radical (unpaired) electrons. The Kier molecular flexibility index (Phi) is 4.18. The van der Waals surface area contributed by atoms with Crippen molar-refractivity contribution in [1.82, 2.24) is 4.98 Å². The first-order valence-corrected chi connectivity index (χ1v) is 6.05. The maximum Gasteiger partial charge on any atom is 0.339 e. The second kappa shape index (κ2) is 6.04. The van der Waals surface area contributed by atoms with Crippen molar-refractivity contribution in [3.63, 3.8) is 0 Å². The molecule has 1 aromatic heterocycles. The third-order valence-electron chi connectivity index (χ3n) is 2.52. The summed E-state index contributed by atoms with van der Waals surface area (Å²) in [6, 6.07) is 9.70. The normalized spacial score (nSPS) is 9.80. The molecule has 0 amide bonds. The summed E-state index contributed by atoms with van der Waals surface area (Å²) in [5.41, 5.74) is 7.21. The van der Waals surface area contributed by atoms with E-state index in [1.807, 2.05) is 6.07 Å². The lowest BCUT2D eigenvalue weighted by Crippen LogP contribution is -2.06. The number of ether oxygens (including phenoxy) is 1. The van der Waals surface area contributed by atoms with Crippen molar-refractivity contribution in [2.45, 2.75) is 6.61 Å². The van der Waals surface area contributed by atoms with Gasteiger partial charge in [-0.15, -0.1) is 0 Å². The van der Waals surface area contributed by atoms with Crippen molar-refractivity contribution in [3.8, 4) is 6.07 Å². The molecule has 0 spiro atoms. The molecule has 0 unspecified atom stereocenters. The molecule has 20 heavy (non-hydrogen) atoms. The second-order valence-corrected chi connectivity index (χ2v) is 4.38. The molecule has 0 aliphatic rings. The van der Waals surface area contributed by atoms with E-state index < -0.39 is 5.97 Å². The number of nitriles is 1. The Bertz CT molecular complexity index is 695. The van der Waals surface area contributed by atoms with Crippen LogP contribution in [0.4, 0.5) is 5.69 Å². The summed E-state index contributed by atoms with van der Waals surface area (Å²) in [5, 5.41) is 8.97. The van der Waals surface area contributed by atoms with Gasteiger partial charge < -0.3 is 10.5 Å². The van der Waals surface area contributed by atoms with Crippen molar-refractivity contribution < 1.29 is 9.53 Å². The predicted molar refractivity (Wildman–Crippen MR) is 73.9 cm³/mol. The van der Waals surface area contributed by atoms with Gasteiger partial charge in [0.15, 0.2) is 0 Å². The zero-order valence-corrected chi connectivity index (χ0v) is 11.1. The molecule has 0 bridgehead atoms. The topological polar surface area (TPSA) is 89.0 Å². The summed E-state index contributed by atoms with van der Waals surface area (Å²) in [6.07, 6.45) is 1.48. The Morgan fingerprint density at radius 3 is 2.90 bits per heavy atom. The van der Waals surface area contributed by atoms with Gasteiger partial charge in [-0.05, 0) is 35.9 Å². The smallest absolute Gasteiger partial charge is 0.339 e. The number of halogens is 1. The van der Waals surface area contributed by atoms with Crippen LogP contribution in [0.2, 0.25) is 5.02 Å². The van der Waals surface area contributed by atoms with Crippen LogP contribution in [0.5, 0.6) is 0 Å². The number of nitrogens with two attached hydrogens (primary N) is 1. The number of nitrogen functional groups attached to an aromatic ring is 1. The van der Waals surface area contributed by atoms with Crippen LogP contribution in [0.15, 0.2) is 36.5 Å². The van der Waals surface area contributed by atoms with E-state index in [0.717, 1.165) is 0 Å². The summed E-state index contributed by atoms with van der Waals surface area (Å²) >= 11 is 5.92. The van der Waals surface area contributed by atoms with Crippen LogP contribution in [0, 0.1) is 11.3 Å². The predicted octanol–water partition coefficient (Wildman–Crippen LogP) is 2.55. The number of anilines is 1. The van der Waals surface area contributed by atoms with E-state index in [2.05, 4.69) is 4.98 Å². The van der Waals surface area contributed by atoms with Crippen LogP contribution in [0.3, 0.4) is 0 Å². The molecule has 1 aromatic carbocycles. The average Bonchev–Trinajstić information content (AvgIpc) is 2.45. The molecular weight excluding hydrogens is 278 g/mol. The SMILES string of the molecule is N#Cc1cc(COC(=O)c2ccc(N)cc2Cl)ccn1. The van der Waals surface area contributed by atoms with Crippen molar-refractivity contribution in [1.29, 1.82) is 5.26 Å². The highest BCUT2D eigenvalue weighted by atomic mass is 35.5. The van der Waals surface area contributed by atoms with Gasteiger partial charge in [-0.25, -0.2) is 9.78 Å². The number of carbonyl (C=O) groups is 1. The molecule has 100 valence electrons. The third kappa shape index (κ3) is 3.25. The van der Waals surface area contributed by atoms with Crippen LogP contribution >= 0.6 is 11.6 Å². The van der Waals surface area contributed by atoms with Crippen molar-refractivity contribution in [3.05, 3.63) is 58.4 Å². The first-order chi connectivity index (χ1) is 9.60. The van der Waals surface area contributed by atoms with Gasteiger partial charge in [0.1, 0.15) is 18.4 Å². The quantitative estimate of drug-likeness (QED) is 0.692. The summed E-state index contributed by atoms with van der Waals surface area (Å²) in [6.45, 7) is 0.0384. The molecule has 0 aliphatic heterocycles. The molecule has 1 heterocycles. The van der Waals surface area contributed by atoms with Crippen LogP contribution in [0.1, 0.15) is 21.6 Å². The number of hydrogen-bond acceptors (Lipinski definition) is 5. The Hall–Kier alpha value is -2.58. The Morgan fingerprint density at radius 2 is 2.20 bits per heavy atom. The fourth-order valence-corrected chi connectivity index (χ4v) is 1.81. The van der Waals surface area contributed by atoms with Crippen molar-refractivity contribution in [2.75, 3.05) is 5.73 Å². The maximum absolute atomic E-state index is 11.9. The molecule has 5 nitrogen and oxygen atoms in total. The van der Waals surface area contributed by atoms with Gasteiger partial charge in [0.25, 0.3) is 0 Å². The minimum absolute atomic E-state index is 0.0384. The zero-order valence-electron chi connectivity index (χ0n) is 10.3. The molecule has 0 saturated heterocycles. The Balaban J connectivity index is 2.07. The second-order valence-electron chi connectivity index (χ2n) is 3.98. The number of rotatable bonds is 3. The van der Waals surface area contributed by atoms with Gasteiger partial charge in [-0.2, -0.15) is 5.26 Å². The zero-order chi connectivity index (χ0) is 14.5. The van der Waals surface area contributed by atoms with Gasteiger partial charge >= 0.3 is 5.97 Å². The van der Waals surface area contributed by atoms with Gasteiger partial charge in [0.05, 0.1) is 10.6 Å². The highest BCUT2D eigenvalue weighted by Gasteiger charge is 2.12. The largest absolute Gasteiger partial charge is 0.457 e. The first-order valence-electron chi connectivity index (χ1n) is 5.67. The Labute approximate surface area is 120 Å². The highest BCUT2D eigenvalue weighted by molar-refractivity contribution is 6.33. The lowest BCUT2D eigenvalue weighted by molar-refractivity contribution is 0.0473. The summed E-state index contributed by atoms with van der Waals surface area (Å²) < 4.78 is 5.13. The molecule has 2 rings (SSSR count). The molecule has 2 aromatic rings. The standard InChI is InChI=1S/C14H10ClN3O2/c15-13-6-10(17)1-2-12(13)14(19)20-8-9-3-4-18-11(5-9)7-16/h1-6H,8,17H2. The average molecular weight is 288 g/mol. The van der Waals surface area contributed by atoms with Gasteiger partial charge in [-0.3, -0.25) is 0 Å². The van der Waals surface area contributed by atoms with E-state index in [1.54, 1.807) is 18.2 Å². The molecule has 0 fully saturated rings. The molecule has 0 atom stereocenters. The van der Waals surface area contributed by atoms with E-state index >= 15 is 0 Å². The summed E-state index contributed by atoms with van der Waals surface area (Å²) in [5.74, 6) is -0.551. The lowest BCUT2D eigenvalue weighted by Gasteiger charge is -2.07.